The van der Waals surface area contributed by atoms with Crippen LogP contribution in [0.1, 0.15) is 25.3 Å². The fourth-order valence-electron chi connectivity index (χ4n) is 3.25. The van der Waals surface area contributed by atoms with Crippen molar-refractivity contribution in [1.29, 1.82) is 0 Å². The van der Waals surface area contributed by atoms with Gasteiger partial charge in [-0.05, 0) is 51.7 Å². The van der Waals surface area contributed by atoms with Crippen molar-refractivity contribution in [1.82, 2.24) is 4.57 Å². The molecule has 0 spiro atoms. The predicted molar refractivity (Wildman–Crippen MR) is 117 cm³/mol. The Morgan fingerprint density at radius 2 is 1.82 bits per heavy atom. The molecule has 0 aliphatic rings. The van der Waals surface area contributed by atoms with E-state index in [1.165, 1.54) is 0 Å². The summed E-state index contributed by atoms with van der Waals surface area (Å²) in [6.07, 6.45) is 1.02. The molecular formula is C20H19BrClNO4S. The highest BCUT2D eigenvalue weighted by Crippen LogP contribution is 2.32. The summed E-state index contributed by atoms with van der Waals surface area (Å²) in [4.78, 5) is 25.5. The van der Waals surface area contributed by atoms with E-state index < -0.39 is 21.4 Å². The van der Waals surface area contributed by atoms with Crippen LogP contribution in [0.2, 0.25) is 5.02 Å². The van der Waals surface area contributed by atoms with E-state index in [-0.39, 0.29) is 17.9 Å². The van der Waals surface area contributed by atoms with E-state index in [0.29, 0.717) is 31.3 Å². The monoisotopic (exact) mass is 483 g/mol. The molecule has 0 aliphatic carbocycles. The maximum atomic E-state index is 13.0. The molecule has 0 fully saturated rings. The van der Waals surface area contributed by atoms with Crippen LogP contribution in [0.3, 0.4) is 0 Å². The van der Waals surface area contributed by atoms with E-state index in [9.17, 15) is 18.0 Å². The number of carbonyl (C=O) groups is 1. The predicted octanol–water partition coefficient (Wildman–Crippen LogP) is 4.31. The first-order valence-corrected chi connectivity index (χ1v) is 11.9. The van der Waals surface area contributed by atoms with Gasteiger partial charge in [-0.3, -0.25) is 9.59 Å². The van der Waals surface area contributed by atoms with E-state index in [2.05, 4.69) is 15.9 Å². The van der Waals surface area contributed by atoms with Gasteiger partial charge in [0.1, 0.15) is 5.75 Å². The van der Waals surface area contributed by atoms with E-state index in [1.54, 1.807) is 22.8 Å². The Kier molecular flexibility index (Phi) is 5.71. The molecule has 2 aromatic carbocycles. The number of fused-ring (bicyclic) bond motifs is 2. The second-order valence-electron chi connectivity index (χ2n) is 7.21. The molecule has 0 N–H and O–H groups in total. The molecule has 8 heteroatoms. The molecule has 0 saturated heterocycles. The van der Waals surface area contributed by atoms with Crippen LogP contribution < -0.4 is 5.43 Å². The van der Waals surface area contributed by atoms with Crippen LogP contribution in [-0.4, -0.2) is 30.8 Å². The fourth-order valence-corrected chi connectivity index (χ4v) is 4.64. The Hall–Kier alpha value is -1.70. The van der Waals surface area contributed by atoms with Crippen molar-refractivity contribution in [2.24, 2.45) is 0 Å². The van der Waals surface area contributed by atoms with E-state index in [4.69, 9.17) is 11.6 Å². The number of ketones is 1. The minimum absolute atomic E-state index is 0.163. The molecule has 1 aromatic heterocycles. The minimum atomic E-state index is -3.46. The lowest BCUT2D eigenvalue weighted by molar-refractivity contribution is -0.117. The number of nitrogens with zero attached hydrogens (tertiary/aromatic N) is 1. The van der Waals surface area contributed by atoms with Crippen molar-refractivity contribution in [2.45, 2.75) is 26.3 Å². The summed E-state index contributed by atoms with van der Waals surface area (Å²) in [5.41, 5.74) is 1.90. The van der Waals surface area contributed by atoms with Gasteiger partial charge in [-0.2, -0.15) is 0 Å². The third kappa shape index (κ3) is 4.02. The highest BCUT2D eigenvalue weighted by atomic mass is 79.9. The highest BCUT2D eigenvalue weighted by molar-refractivity contribution is 9.10. The quantitative estimate of drug-likeness (QED) is 0.506. The van der Waals surface area contributed by atoms with Gasteiger partial charge in [0.05, 0.1) is 27.1 Å². The van der Waals surface area contributed by atoms with Gasteiger partial charge in [-0.15, -0.1) is 0 Å². The number of rotatable bonds is 5. The second kappa shape index (κ2) is 7.61. The van der Waals surface area contributed by atoms with Crippen molar-refractivity contribution in [3.8, 4) is 0 Å². The van der Waals surface area contributed by atoms with Crippen molar-refractivity contribution >= 4 is 65.0 Å². The molecule has 28 heavy (non-hydrogen) atoms. The van der Waals surface area contributed by atoms with Gasteiger partial charge in [-0.25, -0.2) is 8.42 Å². The molecule has 0 saturated carbocycles. The molecule has 3 rings (SSSR count). The lowest BCUT2D eigenvalue weighted by atomic mass is 10.00. The summed E-state index contributed by atoms with van der Waals surface area (Å²) < 4.78 is 25.3. The Morgan fingerprint density at radius 1 is 1.18 bits per heavy atom. The highest BCUT2D eigenvalue weighted by Gasteiger charge is 2.19. The topological polar surface area (TPSA) is 73.2 Å². The molecule has 0 atom stereocenters. The van der Waals surface area contributed by atoms with E-state index in [1.807, 2.05) is 26.0 Å². The first kappa shape index (κ1) is 21.0. The molecule has 148 valence electrons. The van der Waals surface area contributed by atoms with Gasteiger partial charge >= 0.3 is 0 Å². The molecule has 0 aliphatic heterocycles. The Morgan fingerprint density at radius 3 is 2.43 bits per heavy atom. The number of halogens is 2. The standard InChI is InChI=1S/C20H19BrClNO4S/c1-11(2)12-4-5-14-17(8-12)23(9-13(24)10-28(3,26)27)19-15(20(14)25)6-7-16(22)18(19)21/h4-8,11H,9-10H2,1-3H3. The number of hydrogen-bond donors (Lipinski definition) is 0. The first-order valence-electron chi connectivity index (χ1n) is 8.63. The van der Waals surface area contributed by atoms with Gasteiger partial charge in [0.15, 0.2) is 21.0 Å². The summed E-state index contributed by atoms with van der Waals surface area (Å²) in [5, 5.41) is 1.28. The molecule has 0 unspecified atom stereocenters. The number of carbonyl (C=O) groups excluding carboxylic acids is 1. The minimum Gasteiger partial charge on any atom is -0.332 e. The summed E-state index contributed by atoms with van der Waals surface area (Å²) in [5.74, 6) is -0.807. The zero-order valence-corrected chi connectivity index (χ0v) is 18.8. The maximum Gasteiger partial charge on any atom is 0.197 e. The van der Waals surface area contributed by atoms with E-state index >= 15 is 0 Å². The van der Waals surface area contributed by atoms with Crippen LogP contribution in [-0.2, 0) is 21.2 Å². The summed E-state index contributed by atoms with van der Waals surface area (Å²) >= 11 is 9.67. The number of benzene rings is 2. The van der Waals surface area contributed by atoms with Crippen LogP contribution >= 0.6 is 27.5 Å². The smallest absolute Gasteiger partial charge is 0.197 e. The van der Waals surface area contributed by atoms with E-state index in [0.717, 1.165) is 11.8 Å². The summed E-state index contributed by atoms with van der Waals surface area (Å²) in [6, 6.07) is 8.77. The fraction of sp³-hybridized carbons (Fsp3) is 0.300. The molecule has 0 bridgehead atoms. The average molecular weight is 485 g/mol. The Balaban J connectivity index is 2.42. The van der Waals surface area contributed by atoms with Crippen molar-refractivity contribution in [2.75, 3.05) is 12.0 Å². The van der Waals surface area contributed by atoms with Gasteiger partial charge < -0.3 is 4.57 Å². The van der Waals surface area contributed by atoms with Crippen molar-refractivity contribution in [3.63, 3.8) is 0 Å². The molecular weight excluding hydrogens is 466 g/mol. The molecule has 1 heterocycles. The summed E-state index contributed by atoms with van der Waals surface area (Å²) in [7, 11) is -3.46. The first-order chi connectivity index (χ1) is 13.0. The SMILES string of the molecule is CC(C)c1ccc2c(=O)c3ccc(Cl)c(Br)c3n(CC(=O)CS(C)(=O)=O)c2c1. The van der Waals surface area contributed by atoms with Crippen LogP contribution in [0.5, 0.6) is 0 Å². The van der Waals surface area contributed by atoms with Crippen molar-refractivity contribution in [3.05, 3.63) is 55.6 Å². The molecule has 3 aromatic rings. The zero-order chi connectivity index (χ0) is 20.8. The zero-order valence-electron chi connectivity index (χ0n) is 15.6. The van der Waals surface area contributed by atoms with Crippen LogP contribution in [0.4, 0.5) is 0 Å². The lowest BCUT2D eigenvalue weighted by Gasteiger charge is -2.18. The largest absolute Gasteiger partial charge is 0.332 e. The maximum absolute atomic E-state index is 13.0. The van der Waals surface area contributed by atoms with Crippen molar-refractivity contribution < 1.29 is 13.2 Å². The number of Topliss-reactive ketones (excluding diaryl/α,β-unsaturated/α-hetero) is 1. The Bertz CT molecular complexity index is 1280. The molecule has 5 nitrogen and oxygen atoms in total. The number of aromatic nitrogens is 1. The van der Waals surface area contributed by atoms with Gasteiger partial charge in [-0.1, -0.05) is 31.5 Å². The van der Waals surface area contributed by atoms with Gasteiger partial charge in [0.2, 0.25) is 0 Å². The molecule has 0 radical (unpaired) electrons. The number of pyridine rings is 1. The lowest BCUT2D eigenvalue weighted by Crippen LogP contribution is -2.22. The van der Waals surface area contributed by atoms with Gasteiger partial charge in [0, 0.05) is 17.0 Å². The normalized spacial score (nSPS) is 12.2. The second-order valence-corrected chi connectivity index (χ2v) is 10.6. The van der Waals surface area contributed by atoms with Crippen LogP contribution in [0.25, 0.3) is 21.8 Å². The number of sulfone groups is 1. The molecule has 0 amide bonds. The Labute approximate surface area is 176 Å². The van der Waals surface area contributed by atoms with Crippen LogP contribution in [0, 0.1) is 0 Å². The third-order valence-corrected chi connectivity index (χ3v) is 6.76. The summed E-state index contributed by atoms with van der Waals surface area (Å²) in [6.45, 7) is 3.89. The third-order valence-electron chi connectivity index (χ3n) is 4.57. The van der Waals surface area contributed by atoms with Gasteiger partial charge in [0.25, 0.3) is 0 Å². The number of hydrogen-bond acceptors (Lipinski definition) is 4. The van der Waals surface area contributed by atoms with Crippen LogP contribution in [0.15, 0.2) is 39.6 Å². The average Bonchev–Trinajstić information content (AvgIpc) is 2.59.